The number of carbonyl (C=O) groups is 1. The van der Waals surface area contributed by atoms with Crippen molar-refractivity contribution in [2.24, 2.45) is 0 Å². The zero-order chi connectivity index (χ0) is 15.2. The Kier molecular flexibility index (Phi) is 5.17. The normalized spacial score (nSPS) is 10.2. The molecule has 3 nitrogen and oxygen atoms in total. The number of hydrogen-bond acceptors (Lipinski definition) is 3. The first kappa shape index (κ1) is 15.3. The lowest BCUT2D eigenvalue weighted by Gasteiger charge is -2.08. The second-order valence-corrected chi connectivity index (χ2v) is 4.71. The van der Waals surface area contributed by atoms with Crippen molar-refractivity contribution in [3.8, 4) is 5.75 Å². The molecule has 2 rings (SSSR count). The third-order valence-electron chi connectivity index (χ3n) is 2.77. The Balaban J connectivity index is 1.99. The van der Waals surface area contributed by atoms with Crippen molar-refractivity contribution >= 4 is 17.6 Å². The molecule has 5 heteroatoms. The van der Waals surface area contributed by atoms with Crippen molar-refractivity contribution < 1.29 is 18.7 Å². The Hall–Kier alpha value is -2.07. The van der Waals surface area contributed by atoms with Gasteiger partial charge in [0.1, 0.15) is 18.2 Å². The van der Waals surface area contributed by atoms with Crippen LogP contribution in [0, 0.1) is 5.82 Å². The first-order valence-corrected chi connectivity index (χ1v) is 6.82. The lowest BCUT2D eigenvalue weighted by Crippen LogP contribution is -2.04. The summed E-state index contributed by atoms with van der Waals surface area (Å²) in [4.78, 5) is 11.5. The Morgan fingerprint density at radius 3 is 2.52 bits per heavy atom. The van der Waals surface area contributed by atoms with E-state index in [1.807, 2.05) is 0 Å². The molecule has 0 spiro atoms. The predicted molar refractivity (Wildman–Crippen MR) is 78.1 cm³/mol. The molecular weight excluding hydrogens is 295 g/mol. The smallest absolute Gasteiger partial charge is 0.338 e. The summed E-state index contributed by atoms with van der Waals surface area (Å²) >= 11 is 5.68. The van der Waals surface area contributed by atoms with Crippen LogP contribution in [0.4, 0.5) is 4.39 Å². The van der Waals surface area contributed by atoms with Crippen LogP contribution in [0.25, 0.3) is 0 Å². The van der Waals surface area contributed by atoms with Gasteiger partial charge in [-0.3, -0.25) is 0 Å². The Bertz CT molecular complexity index is 626. The van der Waals surface area contributed by atoms with Gasteiger partial charge in [0, 0.05) is 10.6 Å². The average molecular weight is 309 g/mol. The SMILES string of the molecule is CCOC(=O)c1ccc(OCc2ccc(Cl)cc2F)cc1. The minimum Gasteiger partial charge on any atom is -0.489 e. The van der Waals surface area contributed by atoms with Gasteiger partial charge in [0.2, 0.25) is 0 Å². The van der Waals surface area contributed by atoms with Gasteiger partial charge in [-0.1, -0.05) is 17.7 Å². The van der Waals surface area contributed by atoms with Crippen molar-refractivity contribution in [2.45, 2.75) is 13.5 Å². The van der Waals surface area contributed by atoms with Gasteiger partial charge in [-0.25, -0.2) is 9.18 Å². The zero-order valence-corrected chi connectivity index (χ0v) is 12.2. The Morgan fingerprint density at radius 1 is 1.19 bits per heavy atom. The standard InChI is InChI=1S/C16H14ClFO3/c1-2-20-16(19)11-4-7-14(8-5-11)21-10-12-3-6-13(17)9-15(12)18/h3-9H,2,10H2,1H3. The maximum atomic E-state index is 13.6. The van der Waals surface area contributed by atoms with Gasteiger partial charge in [0.25, 0.3) is 0 Å². The molecule has 0 unspecified atom stereocenters. The summed E-state index contributed by atoms with van der Waals surface area (Å²) in [5.41, 5.74) is 0.857. The van der Waals surface area contributed by atoms with Crippen LogP contribution in [0.1, 0.15) is 22.8 Å². The average Bonchev–Trinajstić information content (AvgIpc) is 2.47. The fourth-order valence-electron chi connectivity index (χ4n) is 1.70. The second kappa shape index (κ2) is 7.09. The van der Waals surface area contributed by atoms with E-state index in [-0.39, 0.29) is 12.6 Å². The highest BCUT2D eigenvalue weighted by atomic mass is 35.5. The lowest BCUT2D eigenvalue weighted by atomic mass is 10.2. The molecule has 21 heavy (non-hydrogen) atoms. The van der Waals surface area contributed by atoms with Crippen LogP contribution >= 0.6 is 11.6 Å². The molecule has 0 aliphatic carbocycles. The third kappa shape index (κ3) is 4.20. The molecule has 0 saturated carbocycles. The number of rotatable bonds is 5. The van der Waals surface area contributed by atoms with Crippen molar-refractivity contribution in [1.29, 1.82) is 0 Å². The summed E-state index contributed by atoms with van der Waals surface area (Å²) in [6.07, 6.45) is 0. The van der Waals surface area contributed by atoms with Gasteiger partial charge < -0.3 is 9.47 Å². The maximum absolute atomic E-state index is 13.6. The summed E-state index contributed by atoms with van der Waals surface area (Å²) in [5, 5.41) is 0.343. The Morgan fingerprint density at radius 2 is 1.90 bits per heavy atom. The molecule has 0 aromatic heterocycles. The molecule has 0 aliphatic rings. The molecule has 0 N–H and O–H groups in total. The van der Waals surface area contributed by atoms with Gasteiger partial charge in [-0.15, -0.1) is 0 Å². The number of benzene rings is 2. The van der Waals surface area contributed by atoms with Crippen molar-refractivity contribution in [2.75, 3.05) is 6.61 Å². The van der Waals surface area contributed by atoms with Crippen molar-refractivity contribution in [1.82, 2.24) is 0 Å². The molecular formula is C16H14ClFO3. The van der Waals surface area contributed by atoms with Gasteiger partial charge in [-0.05, 0) is 43.3 Å². The number of esters is 1. The monoisotopic (exact) mass is 308 g/mol. The highest BCUT2D eigenvalue weighted by Gasteiger charge is 2.07. The molecule has 0 bridgehead atoms. The molecule has 0 fully saturated rings. The fourth-order valence-corrected chi connectivity index (χ4v) is 1.86. The minimum atomic E-state index is -0.411. The van der Waals surface area contributed by atoms with Crippen LogP contribution in [0.2, 0.25) is 5.02 Å². The first-order chi connectivity index (χ1) is 10.1. The molecule has 0 aliphatic heterocycles. The molecule has 2 aromatic carbocycles. The van der Waals surface area contributed by atoms with E-state index in [1.54, 1.807) is 43.3 Å². The molecule has 0 saturated heterocycles. The summed E-state index contributed by atoms with van der Waals surface area (Å²) in [6.45, 7) is 2.16. The number of halogens is 2. The van der Waals surface area contributed by atoms with Gasteiger partial charge >= 0.3 is 5.97 Å². The third-order valence-corrected chi connectivity index (χ3v) is 3.01. The largest absolute Gasteiger partial charge is 0.489 e. The van der Waals surface area contributed by atoms with E-state index >= 15 is 0 Å². The topological polar surface area (TPSA) is 35.5 Å². The minimum absolute atomic E-state index is 0.0851. The first-order valence-electron chi connectivity index (χ1n) is 6.44. The van der Waals surface area contributed by atoms with E-state index in [0.29, 0.717) is 28.5 Å². The second-order valence-electron chi connectivity index (χ2n) is 4.27. The quantitative estimate of drug-likeness (QED) is 0.775. The lowest BCUT2D eigenvalue weighted by molar-refractivity contribution is 0.0526. The van der Waals surface area contributed by atoms with Crippen LogP contribution in [0.15, 0.2) is 42.5 Å². The molecule has 110 valence electrons. The van der Waals surface area contributed by atoms with E-state index in [9.17, 15) is 9.18 Å². The highest BCUT2D eigenvalue weighted by Crippen LogP contribution is 2.18. The molecule has 0 heterocycles. The summed E-state index contributed by atoms with van der Waals surface area (Å²) in [5.74, 6) is -0.254. The zero-order valence-electron chi connectivity index (χ0n) is 11.4. The summed E-state index contributed by atoms with van der Waals surface area (Å²) in [6, 6.07) is 10.9. The highest BCUT2D eigenvalue weighted by molar-refractivity contribution is 6.30. The van der Waals surface area contributed by atoms with Gasteiger partial charge in [-0.2, -0.15) is 0 Å². The van der Waals surface area contributed by atoms with Crippen LogP contribution in [0.3, 0.4) is 0 Å². The summed E-state index contributed by atoms with van der Waals surface area (Å²) < 4.78 is 23.9. The van der Waals surface area contributed by atoms with Gasteiger partial charge in [0.05, 0.1) is 12.2 Å². The molecule has 0 amide bonds. The fraction of sp³-hybridized carbons (Fsp3) is 0.188. The van der Waals surface area contributed by atoms with E-state index in [0.717, 1.165) is 0 Å². The van der Waals surface area contributed by atoms with Crippen LogP contribution in [-0.4, -0.2) is 12.6 Å². The van der Waals surface area contributed by atoms with E-state index < -0.39 is 5.82 Å². The van der Waals surface area contributed by atoms with Gasteiger partial charge in [0.15, 0.2) is 0 Å². The van der Waals surface area contributed by atoms with E-state index in [2.05, 4.69) is 0 Å². The molecule has 0 radical (unpaired) electrons. The maximum Gasteiger partial charge on any atom is 0.338 e. The van der Waals surface area contributed by atoms with Crippen molar-refractivity contribution in [3.63, 3.8) is 0 Å². The number of ether oxygens (including phenoxy) is 2. The van der Waals surface area contributed by atoms with Crippen LogP contribution in [-0.2, 0) is 11.3 Å². The van der Waals surface area contributed by atoms with Crippen LogP contribution in [0.5, 0.6) is 5.75 Å². The predicted octanol–water partition coefficient (Wildman–Crippen LogP) is 4.23. The van der Waals surface area contributed by atoms with Crippen molar-refractivity contribution in [3.05, 3.63) is 64.4 Å². The number of hydrogen-bond donors (Lipinski definition) is 0. The number of carbonyl (C=O) groups excluding carboxylic acids is 1. The summed E-state index contributed by atoms with van der Waals surface area (Å²) in [7, 11) is 0. The molecule has 2 aromatic rings. The van der Waals surface area contributed by atoms with E-state index in [4.69, 9.17) is 21.1 Å². The van der Waals surface area contributed by atoms with Crippen LogP contribution < -0.4 is 4.74 Å². The van der Waals surface area contributed by atoms with E-state index in [1.165, 1.54) is 6.07 Å². The Labute approximate surface area is 127 Å². The molecule has 0 atom stereocenters.